The Labute approximate surface area is 131 Å². The van der Waals surface area contributed by atoms with Crippen LogP contribution in [-0.4, -0.2) is 16.8 Å². The van der Waals surface area contributed by atoms with Crippen molar-refractivity contribution >= 4 is 21.8 Å². The zero-order chi connectivity index (χ0) is 14.5. The van der Waals surface area contributed by atoms with E-state index in [4.69, 9.17) is 0 Å². The fourth-order valence-electron chi connectivity index (χ4n) is 5.91. The van der Waals surface area contributed by atoms with Gasteiger partial charge in [-0.05, 0) is 69.1 Å². The van der Waals surface area contributed by atoms with E-state index in [0.717, 1.165) is 37.5 Å². The quantitative estimate of drug-likeness (QED) is 0.760. The topological polar surface area (TPSA) is 29.1 Å². The number of hydrogen-bond donors (Lipinski definition) is 1. The predicted molar refractivity (Wildman–Crippen MR) is 85.8 cm³/mol. The van der Waals surface area contributed by atoms with Gasteiger partial charge >= 0.3 is 0 Å². The van der Waals surface area contributed by atoms with Crippen LogP contribution in [0.25, 0.3) is 0 Å². The Morgan fingerprint density at radius 3 is 2.35 bits per heavy atom. The SMILES string of the molecule is CC(Br)CC(C)NC(=O)C12CC3CC(CC(C)(C3)C1)C2. The molecular formula is C17H28BrNO. The van der Waals surface area contributed by atoms with Crippen molar-refractivity contribution < 1.29 is 4.79 Å². The first-order chi connectivity index (χ1) is 9.30. The van der Waals surface area contributed by atoms with E-state index in [1.165, 1.54) is 19.3 Å². The summed E-state index contributed by atoms with van der Waals surface area (Å²) >= 11 is 3.59. The molecule has 0 aliphatic heterocycles. The van der Waals surface area contributed by atoms with Gasteiger partial charge < -0.3 is 5.32 Å². The average Bonchev–Trinajstić information content (AvgIpc) is 2.23. The van der Waals surface area contributed by atoms with Gasteiger partial charge in [0.05, 0.1) is 5.41 Å². The Morgan fingerprint density at radius 1 is 1.25 bits per heavy atom. The standard InChI is InChI=1S/C17H28BrNO/c1-11(18)4-12(2)19-15(20)17-8-13-5-14(9-17)7-16(3,6-13)10-17/h11-14H,4-10H2,1-3H3,(H,19,20). The second-order valence-electron chi connectivity index (χ2n) is 8.44. The lowest BCUT2D eigenvalue weighted by molar-refractivity contribution is -0.155. The molecule has 4 saturated carbocycles. The third-order valence-electron chi connectivity index (χ3n) is 5.89. The molecule has 20 heavy (non-hydrogen) atoms. The van der Waals surface area contributed by atoms with E-state index < -0.39 is 0 Å². The van der Waals surface area contributed by atoms with Gasteiger partial charge in [-0.15, -0.1) is 0 Å². The van der Waals surface area contributed by atoms with Crippen LogP contribution in [0.1, 0.15) is 65.7 Å². The van der Waals surface area contributed by atoms with Crippen LogP contribution in [0.3, 0.4) is 0 Å². The summed E-state index contributed by atoms with van der Waals surface area (Å²) in [5, 5.41) is 3.32. The molecule has 0 spiro atoms. The van der Waals surface area contributed by atoms with Gasteiger partial charge in [-0.25, -0.2) is 0 Å². The minimum Gasteiger partial charge on any atom is -0.353 e. The Morgan fingerprint density at radius 2 is 1.85 bits per heavy atom. The van der Waals surface area contributed by atoms with Crippen LogP contribution in [-0.2, 0) is 4.79 Å². The first kappa shape index (κ1) is 14.9. The summed E-state index contributed by atoms with van der Waals surface area (Å²) in [6.07, 6.45) is 8.57. The fraction of sp³-hybridized carbons (Fsp3) is 0.941. The molecule has 0 aromatic rings. The molecule has 3 heteroatoms. The maximum atomic E-state index is 12.9. The van der Waals surface area contributed by atoms with E-state index in [-0.39, 0.29) is 11.5 Å². The van der Waals surface area contributed by atoms with E-state index in [9.17, 15) is 4.79 Å². The van der Waals surface area contributed by atoms with E-state index in [1.807, 2.05) is 0 Å². The Hall–Kier alpha value is -0.0500. The summed E-state index contributed by atoms with van der Waals surface area (Å²) < 4.78 is 0. The van der Waals surface area contributed by atoms with Crippen molar-refractivity contribution in [2.75, 3.05) is 0 Å². The maximum Gasteiger partial charge on any atom is 0.226 e. The molecule has 0 heterocycles. The Kier molecular flexibility index (Phi) is 3.72. The molecule has 4 bridgehead atoms. The van der Waals surface area contributed by atoms with Crippen molar-refractivity contribution in [1.29, 1.82) is 0 Å². The first-order valence-corrected chi connectivity index (χ1v) is 9.17. The molecule has 0 aromatic carbocycles. The summed E-state index contributed by atoms with van der Waals surface area (Å²) in [5.74, 6) is 1.99. The van der Waals surface area contributed by atoms with Gasteiger partial charge in [0.25, 0.3) is 0 Å². The van der Waals surface area contributed by atoms with Crippen molar-refractivity contribution in [1.82, 2.24) is 5.32 Å². The highest BCUT2D eigenvalue weighted by atomic mass is 79.9. The largest absolute Gasteiger partial charge is 0.353 e. The second kappa shape index (κ2) is 5.00. The van der Waals surface area contributed by atoms with Crippen molar-refractivity contribution in [3.63, 3.8) is 0 Å². The van der Waals surface area contributed by atoms with Gasteiger partial charge in [0.15, 0.2) is 0 Å². The highest BCUT2D eigenvalue weighted by Crippen LogP contribution is 2.65. The number of rotatable bonds is 4. The minimum atomic E-state index is -0.0252. The van der Waals surface area contributed by atoms with Gasteiger partial charge in [0, 0.05) is 10.9 Å². The minimum absolute atomic E-state index is 0.0252. The zero-order valence-corrected chi connectivity index (χ0v) is 14.6. The molecule has 4 unspecified atom stereocenters. The number of alkyl halides is 1. The zero-order valence-electron chi connectivity index (χ0n) is 13.0. The van der Waals surface area contributed by atoms with Gasteiger partial charge in [-0.3, -0.25) is 4.79 Å². The number of amides is 1. The van der Waals surface area contributed by atoms with Crippen LogP contribution in [0.2, 0.25) is 0 Å². The summed E-state index contributed by atoms with van der Waals surface area (Å²) in [6.45, 7) is 6.71. The Bertz CT molecular complexity index is 392. The molecule has 4 fully saturated rings. The summed E-state index contributed by atoms with van der Waals surface area (Å²) in [6, 6.07) is 0.276. The molecule has 4 atom stereocenters. The highest BCUT2D eigenvalue weighted by molar-refractivity contribution is 9.09. The monoisotopic (exact) mass is 341 g/mol. The van der Waals surface area contributed by atoms with Crippen LogP contribution >= 0.6 is 15.9 Å². The van der Waals surface area contributed by atoms with Crippen LogP contribution in [0, 0.1) is 22.7 Å². The predicted octanol–water partition coefficient (Wildman–Crippen LogP) is 4.27. The lowest BCUT2D eigenvalue weighted by Crippen LogP contribution is -2.57. The van der Waals surface area contributed by atoms with Crippen LogP contribution in [0.15, 0.2) is 0 Å². The normalized spacial score (nSPS) is 45.2. The number of carbonyl (C=O) groups is 1. The summed E-state index contributed by atoms with van der Waals surface area (Å²) in [7, 11) is 0. The van der Waals surface area contributed by atoms with E-state index >= 15 is 0 Å². The molecule has 1 N–H and O–H groups in total. The second-order valence-corrected chi connectivity index (χ2v) is 10.0. The van der Waals surface area contributed by atoms with Crippen LogP contribution < -0.4 is 5.32 Å². The van der Waals surface area contributed by atoms with Gasteiger partial charge in [-0.1, -0.05) is 29.8 Å². The molecule has 114 valence electrons. The fourth-order valence-corrected chi connectivity index (χ4v) is 6.47. The molecule has 0 saturated heterocycles. The van der Waals surface area contributed by atoms with Crippen molar-refractivity contribution in [3.8, 4) is 0 Å². The third-order valence-corrected chi connectivity index (χ3v) is 6.26. The number of nitrogens with one attached hydrogen (secondary N) is 1. The maximum absolute atomic E-state index is 12.9. The van der Waals surface area contributed by atoms with Crippen molar-refractivity contribution in [2.24, 2.45) is 22.7 Å². The van der Waals surface area contributed by atoms with E-state index in [0.29, 0.717) is 16.1 Å². The Balaban J connectivity index is 1.71. The van der Waals surface area contributed by atoms with Gasteiger partial charge in [-0.2, -0.15) is 0 Å². The molecule has 2 nitrogen and oxygen atoms in total. The van der Waals surface area contributed by atoms with Crippen LogP contribution in [0.4, 0.5) is 0 Å². The van der Waals surface area contributed by atoms with E-state index in [2.05, 4.69) is 42.0 Å². The van der Waals surface area contributed by atoms with Gasteiger partial charge in [0.1, 0.15) is 0 Å². The third kappa shape index (κ3) is 2.67. The number of halogens is 1. The van der Waals surface area contributed by atoms with Crippen molar-refractivity contribution in [2.45, 2.75) is 76.6 Å². The molecule has 4 rings (SSSR count). The molecular weight excluding hydrogens is 314 g/mol. The molecule has 4 aliphatic rings. The smallest absolute Gasteiger partial charge is 0.226 e. The van der Waals surface area contributed by atoms with Crippen LogP contribution in [0.5, 0.6) is 0 Å². The van der Waals surface area contributed by atoms with Crippen molar-refractivity contribution in [3.05, 3.63) is 0 Å². The highest BCUT2D eigenvalue weighted by Gasteiger charge is 2.58. The first-order valence-electron chi connectivity index (χ1n) is 8.25. The summed E-state index contributed by atoms with van der Waals surface area (Å²) in [4.78, 5) is 13.4. The van der Waals surface area contributed by atoms with Gasteiger partial charge in [0.2, 0.25) is 5.91 Å². The average molecular weight is 342 g/mol. The summed E-state index contributed by atoms with van der Waals surface area (Å²) in [5.41, 5.74) is 0.427. The molecule has 0 radical (unpaired) electrons. The molecule has 4 aliphatic carbocycles. The lowest BCUT2D eigenvalue weighted by Gasteiger charge is -2.60. The molecule has 1 amide bonds. The number of hydrogen-bond acceptors (Lipinski definition) is 1. The number of carbonyl (C=O) groups excluding carboxylic acids is 1. The lowest BCUT2D eigenvalue weighted by atomic mass is 9.44. The molecule has 0 aromatic heterocycles. The van der Waals surface area contributed by atoms with E-state index in [1.54, 1.807) is 0 Å².